The summed E-state index contributed by atoms with van der Waals surface area (Å²) >= 11 is 5.99. The lowest BCUT2D eigenvalue weighted by atomic mass is 10.1. The number of halogens is 1. The summed E-state index contributed by atoms with van der Waals surface area (Å²) in [5.74, 6) is -0.0887. The van der Waals surface area contributed by atoms with Crippen LogP contribution >= 0.6 is 11.6 Å². The topological polar surface area (TPSA) is 55.2 Å². The van der Waals surface area contributed by atoms with E-state index in [1.807, 2.05) is 61.2 Å². The Kier molecular flexibility index (Phi) is 4.94. The fraction of sp³-hybridized carbons (Fsp3) is 0.318. The van der Waals surface area contributed by atoms with Crippen molar-refractivity contribution in [2.75, 3.05) is 0 Å². The number of amides is 1. The number of aryl methyl sites for hydroxylation is 1. The minimum absolute atomic E-state index is 0.0566. The third-order valence-corrected chi connectivity index (χ3v) is 5.59. The van der Waals surface area contributed by atoms with Gasteiger partial charge in [0, 0.05) is 16.5 Å². The highest BCUT2D eigenvalue weighted by molar-refractivity contribution is 6.30. The Morgan fingerprint density at radius 3 is 2.46 bits per heavy atom. The van der Waals surface area contributed by atoms with Crippen molar-refractivity contribution in [1.82, 2.24) is 14.7 Å². The van der Waals surface area contributed by atoms with Gasteiger partial charge in [-0.05, 0) is 50.5 Å². The van der Waals surface area contributed by atoms with Gasteiger partial charge >= 0.3 is 0 Å². The first kappa shape index (κ1) is 18.7. The van der Waals surface area contributed by atoms with E-state index in [-0.39, 0.29) is 30.1 Å². The van der Waals surface area contributed by atoms with Crippen molar-refractivity contribution in [1.29, 1.82) is 0 Å². The SMILES string of the molecule is Cc1nn(CC(=O)N(C2CC2)C(C)c2ccc(Cl)cc2)c(=O)c2ccccc12. The van der Waals surface area contributed by atoms with Crippen LogP contribution in [-0.4, -0.2) is 26.6 Å². The molecule has 1 saturated carbocycles. The lowest BCUT2D eigenvalue weighted by Crippen LogP contribution is -2.40. The molecule has 144 valence electrons. The van der Waals surface area contributed by atoms with Crippen LogP contribution in [0.1, 0.15) is 37.1 Å². The van der Waals surface area contributed by atoms with E-state index in [4.69, 9.17) is 11.6 Å². The van der Waals surface area contributed by atoms with Gasteiger partial charge in [0.1, 0.15) is 6.54 Å². The van der Waals surface area contributed by atoms with Crippen molar-refractivity contribution >= 4 is 28.3 Å². The van der Waals surface area contributed by atoms with Gasteiger partial charge in [-0.15, -0.1) is 0 Å². The molecule has 5 nitrogen and oxygen atoms in total. The molecule has 1 atom stereocenters. The molecule has 1 aromatic heterocycles. The molecule has 0 aliphatic heterocycles. The molecule has 1 fully saturated rings. The van der Waals surface area contributed by atoms with Crippen LogP contribution in [0.25, 0.3) is 10.8 Å². The second kappa shape index (κ2) is 7.40. The van der Waals surface area contributed by atoms with Crippen molar-refractivity contribution in [3.05, 3.63) is 75.2 Å². The van der Waals surface area contributed by atoms with E-state index in [0.717, 1.165) is 29.5 Å². The molecule has 1 heterocycles. The van der Waals surface area contributed by atoms with Gasteiger partial charge in [-0.3, -0.25) is 9.59 Å². The van der Waals surface area contributed by atoms with Gasteiger partial charge in [0.25, 0.3) is 5.56 Å². The lowest BCUT2D eigenvalue weighted by Gasteiger charge is -2.30. The third kappa shape index (κ3) is 3.54. The molecule has 1 aliphatic rings. The quantitative estimate of drug-likeness (QED) is 0.653. The fourth-order valence-corrected chi connectivity index (χ4v) is 3.84. The van der Waals surface area contributed by atoms with Gasteiger partial charge in [-0.2, -0.15) is 5.10 Å². The van der Waals surface area contributed by atoms with Crippen LogP contribution in [0.2, 0.25) is 5.02 Å². The van der Waals surface area contributed by atoms with Crippen LogP contribution < -0.4 is 5.56 Å². The maximum Gasteiger partial charge on any atom is 0.275 e. The number of fused-ring (bicyclic) bond motifs is 1. The zero-order valence-electron chi connectivity index (χ0n) is 15.9. The molecule has 2 aromatic carbocycles. The number of carbonyl (C=O) groups is 1. The highest BCUT2D eigenvalue weighted by atomic mass is 35.5. The first-order valence-electron chi connectivity index (χ1n) is 9.49. The largest absolute Gasteiger partial charge is 0.331 e. The molecule has 1 amide bonds. The summed E-state index contributed by atoms with van der Waals surface area (Å²) in [6.45, 7) is 3.82. The molecule has 0 radical (unpaired) electrons. The van der Waals surface area contributed by atoms with Crippen LogP contribution in [0.4, 0.5) is 0 Å². The highest BCUT2D eigenvalue weighted by Crippen LogP contribution is 2.34. The molecule has 3 aromatic rings. The first-order valence-corrected chi connectivity index (χ1v) is 9.86. The van der Waals surface area contributed by atoms with E-state index in [1.54, 1.807) is 6.07 Å². The summed E-state index contributed by atoms with van der Waals surface area (Å²) in [6.07, 6.45) is 1.98. The number of benzene rings is 2. The van der Waals surface area contributed by atoms with Gasteiger partial charge in [0.2, 0.25) is 5.91 Å². The maximum atomic E-state index is 13.2. The maximum absolute atomic E-state index is 13.2. The van der Waals surface area contributed by atoms with E-state index in [1.165, 1.54) is 4.68 Å². The molecule has 4 rings (SSSR count). The predicted molar refractivity (Wildman–Crippen MR) is 110 cm³/mol. The lowest BCUT2D eigenvalue weighted by molar-refractivity contribution is -0.135. The van der Waals surface area contributed by atoms with Crippen LogP contribution in [0.3, 0.4) is 0 Å². The number of hydrogen-bond donors (Lipinski definition) is 0. The van der Waals surface area contributed by atoms with Crippen LogP contribution in [0.15, 0.2) is 53.3 Å². The predicted octanol–water partition coefficient (Wildman–Crippen LogP) is 4.11. The number of nitrogens with zero attached hydrogens (tertiary/aromatic N) is 3. The van der Waals surface area contributed by atoms with E-state index >= 15 is 0 Å². The van der Waals surface area contributed by atoms with Gasteiger partial charge in [0.05, 0.1) is 17.1 Å². The number of aromatic nitrogens is 2. The first-order chi connectivity index (χ1) is 13.5. The van der Waals surface area contributed by atoms with E-state index in [9.17, 15) is 9.59 Å². The van der Waals surface area contributed by atoms with Gasteiger partial charge in [-0.25, -0.2) is 4.68 Å². The smallest absolute Gasteiger partial charge is 0.275 e. The summed E-state index contributed by atoms with van der Waals surface area (Å²) in [7, 11) is 0. The zero-order chi connectivity index (χ0) is 19.8. The fourth-order valence-electron chi connectivity index (χ4n) is 3.71. The van der Waals surface area contributed by atoms with Crippen LogP contribution in [0.5, 0.6) is 0 Å². The molecule has 0 N–H and O–H groups in total. The minimum atomic E-state index is -0.232. The Balaban J connectivity index is 1.64. The molecule has 28 heavy (non-hydrogen) atoms. The molecule has 0 spiro atoms. The average molecular weight is 396 g/mol. The summed E-state index contributed by atoms with van der Waals surface area (Å²) in [4.78, 5) is 27.9. The highest BCUT2D eigenvalue weighted by Gasteiger charge is 2.36. The summed E-state index contributed by atoms with van der Waals surface area (Å²) in [5.41, 5.74) is 1.54. The Bertz CT molecular complexity index is 1090. The second-order valence-electron chi connectivity index (χ2n) is 7.35. The molecule has 0 saturated heterocycles. The van der Waals surface area contributed by atoms with Crippen LogP contribution in [-0.2, 0) is 11.3 Å². The normalized spacial score (nSPS) is 14.8. The Labute approximate surface area is 168 Å². The van der Waals surface area contributed by atoms with Crippen LogP contribution in [0, 0.1) is 6.92 Å². The number of hydrogen-bond acceptors (Lipinski definition) is 3. The molecule has 1 unspecified atom stereocenters. The Morgan fingerprint density at radius 2 is 1.82 bits per heavy atom. The summed E-state index contributed by atoms with van der Waals surface area (Å²) in [5, 5.41) is 6.47. The van der Waals surface area contributed by atoms with E-state index in [2.05, 4.69) is 5.10 Å². The van der Waals surface area contributed by atoms with Gasteiger partial charge in [-0.1, -0.05) is 41.9 Å². The monoisotopic (exact) mass is 395 g/mol. The summed E-state index contributed by atoms with van der Waals surface area (Å²) in [6, 6.07) is 15.1. The minimum Gasteiger partial charge on any atom is -0.331 e. The standard InChI is InChI=1S/C22H22ClN3O2/c1-14-19-5-3-4-6-20(19)22(28)25(24-14)13-21(27)26(18-11-12-18)15(2)16-7-9-17(23)10-8-16/h3-10,15,18H,11-13H2,1-2H3. The van der Waals surface area contributed by atoms with Crippen molar-refractivity contribution in [3.63, 3.8) is 0 Å². The van der Waals surface area contributed by atoms with Gasteiger partial charge in [0.15, 0.2) is 0 Å². The molecule has 1 aliphatic carbocycles. The van der Waals surface area contributed by atoms with Crippen molar-refractivity contribution in [2.24, 2.45) is 0 Å². The zero-order valence-corrected chi connectivity index (χ0v) is 16.7. The molecule has 0 bridgehead atoms. The number of carbonyl (C=O) groups excluding carboxylic acids is 1. The van der Waals surface area contributed by atoms with E-state index < -0.39 is 0 Å². The average Bonchev–Trinajstić information content (AvgIpc) is 3.51. The Morgan fingerprint density at radius 1 is 1.18 bits per heavy atom. The number of rotatable bonds is 5. The molecular formula is C22H22ClN3O2. The molecular weight excluding hydrogens is 374 g/mol. The van der Waals surface area contributed by atoms with Crippen molar-refractivity contribution in [3.8, 4) is 0 Å². The van der Waals surface area contributed by atoms with Gasteiger partial charge < -0.3 is 4.90 Å². The van der Waals surface area contributed by atoms with Crippen molar-refractivity contribution < 1.29 is 4.79 Å². The molecule has 6 heteroatoms. The van der Waals surface area contributed by atoms with E-state index in [0.29, 0.717) is 10.4 Å². The van der Waals surface area contributed by atoms with Crippen molar-refractivity contribution in [2.45, 2.75) is 45.3 Å². The second-order valence-corrected chi connectivity index (χ2v) is 7.79. The third-order valence-electron chi connectivity index (χ3n) is 5.34. The Hall–Kier alpha value is -2.66. The summed E-state index contributed by atoms with van der Waals surface area (Å²) < 4.78 is 1.30.